The van der Waals surface area contributed by atoms with Gasteiger partial charge >= 0.3 is 35.5 Å². The first-order chi connectivity index (χ1) is 22.1. The molecule has 0 radical (unpaired) electrons. The predicted octanol–water partition coefficient (Wildman–Crippen LogP) is 4.60. The van der Waals surface area contributed by atoms with E-state index in [1.54, 1.807) is 0 Å². The maximum absolute atomic E-state index is 13.8. The number of ether oxygens (including phenoxy) is 2. The van der Waals surface area contributed by atoms with Gasteiger partial charge in [0.1, 0.15) is 17.6 Å². The van der Waals surface area contributed by atoms with Gasteiger partial charge < -0.3 is 24.7 Å². The van der Waals surface area contributed by atoms with Gasteiger partial charge in [0.15, 0.2) is 0 Å². The average molecular weight is 648 g/mol. The molecule has 3 aromatic rings. The van der Waals surface area contributed by atoms with E-state index >= 15 is 0 Å². The summed E-state index contributed by atoms with van der Waals surface area (Å²) in [5.74, 6) is 0.118. The number of amides is 1. The van der Waals surface area contributed by atoms with Gasteiger partial charge in [0.2, 0.25) is 5.91 Å². The smallest absolute Gasteiger partial charge is 0.550 e. The zero-order chi connectivity index (χ0) is 32.7. The fourth-order valence-corrected chi connectivity index (χ4v) is 6.92. The molecule has 0 unspecified atom stereocenters. The number of hydrogen-bond acceptors (Lipinski definition) is 6. The van der Waals surface area contributed by atoms with Crippen LogP contribution in [0.3, 0.4) is 0 Å². The Morgan fingerprint density at radius 3 is 2.17 bits per heavy atom. The average Bonchev–Trinajstić information content (AvgIpc) is 3.02. The minimum Gasteiger partial charge on any atom is -0.550 e. The van der Waals surface area contributed by atoms with Crippen molar-refractivity contribution in [3.8, 4) is 11.5 Å². The van der Waals surface area contributed by atoms with Crippen LogP contribution in [0, 0.1) is 5.92 Å². The molecule has 1 atom stereocenters. The van der Waals surface area contributed by atoms with Gasteiger partial charge in [0.05, 0.1) is 6.42 Å². The molecular weight excluding hydrogens is 601 g/mol. The number of fused-ring (bicyclic) bond motifs is 2. The molecule has 0 saturated heterocycles. The van der Waals surface area contributed by atoms with E-state index in [4.69, 9.17) is 9.47 Å². The molecule has 2 aliphatic rings. The number of rotatable bonds is 12. The third-order valence-corrected chi connectivity index (χ3v) is 9.27. The number of anilines is 1. The fourth-order valence-electron chi connectivity index (χ4n) is 6.92. The molecule has 5 rings (SSSR count). The number of aliphatic carboxylic acids is 1. The molecule has 1 aliphatic heterocycles. The Morgan fingerprint density at radius 1 is 0.915 bits per heavy atom. The van der Waals surface area contributed by atoms with Crippen LogP contribution in [0.4, 0.5) is 5.69 Å². The Morgan fingerprint density at radius 2 is 1.55 bits per heavy atom. The summed E-state index contributed by atoms with van der Waals surface area (Å²) in [4.78, 5) is 37.1. The number of carboxylic acid groups (broad SMARTS) is 1. The number of benzene rings is 3. The van der Waals surface area contributed by atoms with Crippen LogP contribution in [-0.4, -0.2) is 23.9 Å². The molecule has 1 saturated carbocycles. The number of carbonyl (C=O) groups is 3. The quantitative estimate of drug-likeness (QED) is 0.228. The standard InChI is InChI=1S/C39H47NO6.Na/c1-39(2,3)32-20-18-27(17-19-28(23-26-11-5-4-6-12-26)45-38(44)22-21-37(42)43)24-33(32)40-36(41)25-31-29-13-7-9-15-34(29)46-35-16-10-8-14-30(31)35;/h7-10,13-16,18,20,24,26,28,31H,4-6,11-12,17,19,21-23,25H2,1-3H3,(H,40,41)(H,42,43);/q;+1/p-1/t28-;/m1./s1. The van der Waals surface area contributed by atoms with E-state index in [-0.39, 0.29) is 72.2 Å². The first-order valence-electron chi connectivity index (χ1n) is 16.7. The molecule has 7 nitrogen and oxygen atoms in total. The molecule has 244 valence electrons. The monoisotopic (exact) mass is 647 g/mol. The normalized spacial score (nSPS) is 15.3. The molecule has 0 bridgehead atoms. The van der Waals surface area contributed by atoms with E-state index in [0.29, 0.717) is 18.8 Å². The van der Waals surface area contributed by atoms with Crippen LogP contribution in [0.2, 0.25) is 0 Å². The van der Waals surface area contributed by atoms with Gasteiger partial charge in [0, 0.05) is 35.1 Å². The Kier molecular flexibility index (Phi) is 13.1. The minimum absolute atomic E-state index is 0. The number of carbonyl (C=O) groups excluding carboxylic acids is 3. The second-order valence-corrected chi connectivity index (χ2v) is 13.9. The second-order valence-electron chi connectivity index (χ2n) is 13.9. The zero-order valence-corrected chi connectivity index (χ0v) is 30.3. The number of nitrogens with one attached hydrogen (secondary N) is 1. The van der Waals surface area contributed by atoms with Gasteiger partial charge in [-0.3, -0.25) is 9.59 Å². The van der Waals surface area contributed by atoms with Crippen molar-refractivity contribution in [1.29, 1.82) is 0 Å². The van der Waals surface area contributed by atoms with Crippen molar-refractivity contribution in [1.82, 2.24) is 0 Å². The molecule has 1 N–H and O–H groups in total. The van der Waals surface area contributed by atoms with Gasteiger partial charge in [0.25, 0.3) is 0 Å². The molecule has 1 fully saturated rings. The minimum atomic E-state index is -1.25. The van der Waals surface area contributed by atoms with Gasteiger partial charge in [-0.2, -0.15) is 0 Å². The van der Waals surface area contributed by atoms with E-state index in [1.807, 2.05) is 48.5 Å². The summed E-state index contributed by atoms with van der Waals surface area (Å²) in [5.41, 5.74) is 4.68. The third-order valence-electron chi connectivity index (χ3n) is 9.27. The summed E-state index contributed by atoms with van der Waals surface area (Å²) >= 11 is 0. The first-order valence-corrected chi connectivity index (χ1v) is 16.7. The SMILES string of the molecule is CC(C)(C)c1ccc(CC[C@H](CC2CCCCC2)OC(=O)CCC(=O)[O-])cc1NC(=O)CC1c2ccccc2Oc2ccccc21.[Na+]. The summed E-state index contributed by atoms with van der Waals surface area (Å²) < 4.78 is 12.0. The maximum Gasteiger partial charge on any atom is 1.00 e. The van der Waals surface area contributed by atoms with E-state index in [1.165, 1.54) is 19.3 Å². The molecule has 1 heterocycles. The summed E-state index contributed by atoms with van der Waals surface area (Å²) in [6.45, 7) is 6.40. The van der Waals surface area contributed by atoms with Crippen molar-refractivity contribution in [2.24, 2.45) is 5.92 Å². The molecule has 1 aliphatic carbocycles. The zero-order valence-electron chi connectivity index (χ0n) is 28.3. The van der Waals surface area contributed by atoms with Gasteiger partial charge in [-0.05, 0) is 66.3 Å². The summed E-state index contributed by atoms with van der Waals surface area (Å²) in [6, 6.07) is 22.0. The number of esters is 1. The van der Waals surface area contributed by atoms with Crippen molar-refractivity contribution in [2.75, 3.05) is 5.32 Å². The Bertz CT molecular complexity index is 1490. The van der Waals surface area contributed by atoms with Crippen molar-refractivity contribution in [3.63, 3.8) is 0 Å². The van der Waals surface area contributed by atoms with Crippen LogP contribution in [0.25, 0.3) is 0 Å². The van der Waals surface area contributed by atoms with Crippen LogP contribution in [-0.2, 0) is 31.0 Å². The van der Waals surface area contributed by atoms with Crippen LogP contribution in [0.1, 0.15) is 113 Å². The van der Waals surface area contributed by atoms with E-state index in [2.05, 4.69) is 44.3 Å². The number of para-hydroxylation sites is 2. The summed E-state index contributed by atoms with van der Waals surface area (Å²) in [7, 11) is 0. The molecule has 0 aromatic heterocycles. The Hall–Kier alpha value is -3.13. The molecule has 47 heavy (non-hydrogen) atoms. The second kappa shape index (κ2) is 16.8. The molecular formula is C39H46NNaO6. The van der Waals surface area contributed by atoms with Crippen LogP contribution in [0.15, 0.2) is 66.7 Å². The molecule has 1 amide bonds. The van der Waals surface area contributed by atoms with Crippen LogP contribution < -0.4 is 44.7 Å². The fraction of sp³-hybridized carbons (Fsp3) is 0.462. The van der Waals surface area contributed by atoms with Crippen molar-refractivity contribution < 1.29 is 58.5 Å². The summed E-state index contributed by atoms with van der Waals surface area (Å²) in [5, 5.41) is 14.1. The number of carboxylic acids is 1. The van der Waals surface area contributed by atoms with E-state index in [9.17, 15) is 19.5 Å². The van der Waals surface area contributed by atoms with Crippen molar-refractivity contribution in [3.05, 3.63) is 89.0 Å². The largest absolute Gasteiger partial charge is 1.00 e. The van der Waals surface area contributed by atoms with Gasteiger partial charge in [-0.15, -0.1) is 0 Å². The van der Waals surface area contributed by atoms with Gasteiger partial charge in [-0.1, -0.05) is 101 Å². The number of aryl methyl sites for hydroxylation is 1. The predicted molar refractivity (Wildman–Crippen MR) is 177 cm³/mol. The van der Waals surface area contributed by atoms with Crippen molar-refractivity contribution >= 4 is 23.5 Å². The van der Waals surface area contributed by atoms with E-state index < -0.39 is 11.9 Å². The topological polar surface area (TPSA) is 105 Å². The van der Waals surface area contributed by atoms with Gasteiger partial charge in [-0.25, -0.2) is 0 Å². The van der Waals surface area contributed by atoms with E-state index in [0.717, 1.165) is 58.7 Å². The third kappa shape index (κ3) is 10.2. The van der Waals surface area contributed by atoms with Crippen LogP contribution >= 0.6 is 0 Å². The molecule has 3 aromatic carbocycles. The summed E-state index contributed by atoms with van der Waals surface area (Å²) in [6.07, 6.45) is 7.45. The molecule has 8 heteroatoms. The number of hydrogen-bond donors (Lipinski definition) is 1. The maximum atomic E-state index is 13.8. The first kappa shape index (κ1) is 36.7. The van der Waals surface area contributed by atoms with Crippen molar-refractivity contribution in [2.45, 2.75) is 109 Å². The Balaban J connectivity index is 0.00000500. The van der Waals surface area contributed by atoms with Crippen LogP contribution in [0.5, 0.6) is 11.5 Å². The molecule has 0 spiro atoms. The Labute approximate surface area is 301 Å².